The lowest BCUT2D eigenvalue weighted by Gasteiger charge is -2.11. The fourth-order valence-corrected chi connectivity index (χ4v) is 3.15. The van der Waals surface area contributed by atoms with Crippen molar-refractivity contribution < 1.29 is 19.4 Å². The molecule has 0 spiro atoms. The van der Waals surface area contributed by atoms with Crippen molar-refractivity contribution in [2.45, 2.75) is 23.1 Å². The Labute approximate surface area is 134 Å². The average Bonchev–Trinajstić information content (AvgIpc) is 2.49. The molecule has 0 fully saturated rings. The zero-order chi connectivity index (χ0) is 16.1. The Morgan fingerprint density at radius 1 is 1.09 bits per heavy atom. The number of ether oxygens (including phenoxy) is 2. The number of carboxylic acids is 1. The second kappa shape index (κ2) is 7.22. The van der Waals surface area contributed by atoms with Crippen LogP contribution in [0.1, 0.15) is 11.1 Å². The number of carbonyl (C=O) groups is 1. The summed E-state index contributed by atoms with van der Waals surface area (Å²) in [6.45, 7) is 1.99. The van der Waals surface area contributed by atoms with E-state index in [1.807, 2.05) is 37.3 Å². The summed E-state index contributed by atoms with van der Waals surface area (Å²) in [5.74, 6) is 0.567. The predicted octanol–water partition coefficient (Wildman–Crippen LogP) is 3.79. The van der Waals surface area contributed by atoms with Gasteiger partial charge in [0, 0.05) is 15.9 Å². The van der Waals surface area contributed by atoms with Gasteiger partial charge in [-0.3, -0.25) is 4.79 Å². The predicted molar refractivity (Wildman–Crippen MR) is 86.2 cm³/mol. The number of methoxy groups -OCH3 is 2. The van der Waals surface area contributed by atoms with Crippen LogP contribution in [0, 0.1) is 6.92 Å². The summed E-state index contributed by atoms with van der Waals surface area (Å²) in [5, 5.41) is 9.04. The largest absolute Gasteiger partial charge is 0.497 e. The first-order valence-corrected chi connectivity index (χ1v) is 7.55. The Kier molecular flexibility index (Phi) is 5.33. The molecule has 1 N–H and O–H groups in total. The van der Waals surface area contributed by atoms with Crippen LogP contribution in [-0.2, 0) is 11.2 Å². The number of benzene rings is 2. The first-order chi connectivity index (χ1) is 10.5. The van der Waals surface area contributed by atoms with Crippen LogP contribution in [0.3, 0.4) is 0 Å². The number of hydrogen-bond acceptors (Lipinski definition) is 4. The number of carboxylic acid groups (broad SMARTS) is 1. The fraction of sp³-hybridized carbons (Fsp3) is 0.235. The van der Waals surface area contributed by atoms with E-state index in [4.69, 9.17) is 14.6 Å². The van der Waals surface area contributed by atoms with E-state index in [1.54, 1.807) is 20.3 Å². The van der Waals surface area contributed by atoms with Gasteiger partial charge in [0.15, 0.2) is 0 Å². The standard InChI is InChI=1S/C17H18O4S/c1-11-4-5-12(7-17(18)19)16(6-11)22-15-9-13(20-2)8-14(10-15)21-3/h4-6,8-10H,7H2,1-3H3,(H,18,19). The highest BCUT2D eigenvalue weighted by Crippen LogP contribution is 2.36. The molecule has 2 aromatic rings. The molecule has 5 heteroatoms. The van der Waals surface area contributed by atoms with Crippen LogP contribution in [0.25, 0.3) is 0 Å². The molecule has 0 radical (unpaired) electrons. The van der Waals surface area contributed by atoms with Gasteiger partial charge in [0.1, 0.15) is 11.5 Å². The van der Waals surface area contributed by atoms with Crippen molar-refractivity contribution in [3.8, 4) is 11.5 Å². The average molecular weight is 318 g/mol. The molecule has 0 unspecified atom stereocenters. The monoisotopic (exact) mass is 318 g/mol. The minimum Gasteiger partial charge on any atom is -0.497 e. The van der Waals surface area contributed by atoms with Gasteiger partial charge in [-0.15, -0.1) is 0 Å². The van der Waals surface area contributed by atoms with Crippen molar-refractivity contribution in [3.05, 3.63) is 47.5 Å². The molecule has 0 aliphatic heterocycles. The lowest BCUT2D eigenvalue weighted by atomic mass is 10.1. The lowest BCUT2D eigenvalue weighted by Crippen LogP contribution is -2.01. The minimum absolute atomic E-state index is 0.00369. The second-order valence-electron chi connectivity index (χ2n) is 4.83. The van der Waals surface area contributed by atoms with E-state index in [9.17, 15) is 4.79 Å². The number of aliphatic carboxylic acids is 1. The summed E-state index contributed by atoms with van der Waals surface area (Å²) in [7, 11) is 3.21. The molecular weight excluding hydrogens is 300 g/mol. The second-order valence-corrected chi connectivity index (χ2v) is 5.95. The molecule has 2 aromatic carbocycles. The van der Waals surface area contributed by atoms with Crippen LogP contribution < -0.4 is 9.47 Å². The van der Waals surface area contributed by atoms with E-state index in [1.165, 1.54) is 11.8 Å². The molecule has 0 bridgehead atoms. The van der Waals surface area contributed by atoms with Crippen molar-refractivity contribution in [1.29, 1.82) is 0 Å². The van der Waals surface area contributed by atoms with Crippen molar-refractivity contribution in [2.24, 2.45) is 0 Å². The maximum atomic E-state index is 11.0. The van der Waals surface area contributed by atoms with Gasteiger partial charge in [-0.2, -0.15) is 0 Å². The van der Waals surface area contributed by atoms with E-state index in [2.05, 4.69) is 0 Å². The van der Waals surface area contributed by atoms with Crippen LogP contribution in [0.4, 0.5) is 0 Å². The molecule has 0 saturated carbocycles. The van der Waals surface area contributed by atoms with Crippen LogP contribution in [0.2, 0.25) is 0 Å². The van der Waals surface area contributed by atoms with Gasteiger partial charge in [0.2, 0.25) is 0 Å². The first-order valence-electron chi connectivity index (χ1n) is 6.74. The zero-order valence-corrected chi connectivity index (χ0v) is 13.6. The molecule has 0 heterocycles. The van der Waals surface area contributed by atoms with Gasteiger partial charge in [0.25, 0.3) is 0 Å². The number of aryl methyl sites for hydroxylation is 1. The highest BCUT2D eigenvalue weighted by Gasteiger charge is 2.10. The third kappa shape index (κ3) is 4.18. The number of rotatable bonds is 6. The molecule has 0 aliphatic rings. The lowest BCUT2D eigenvalue weighted by molar-refractivity contribution is -0.136. The Balaban J connectivity index is 2.37. The Morgan fingerprint density at radius 3 is 2.27 bits per heavy atom. The molecule has 0 aliphatic carbocycles. The highest BCUT2D eigenvalue weighted by molar-refractivity contribution is 7.99. The van der Waals surface area contributed by atoms with Crippen LogP contribution in [0.15, 0.2) is 46.2 Å². The van der Waals surface area contributed by atoms with E-state index < -0.39 is 5.97 Å². The maximum Gasteiger partial charge on any atom is 0.307 e. The molecule has 0 aromatic heterocycles. The van der Waals surface area contributed by atoms with Gasteiger partial charge < -0.3 is 14.6 Å². The van der Waals surface area contributed by atoms with Crippen LogP contribution in [-0.4, -0.2) is 25.3 Å². The summed E-state index contributed by atoms with van der Waals surface area (Å²) in [6, 6.07) is 11.4. The smallest absolute Gasteiger partial charge is 0.307 e. The van der Waals surface area contributed by atoms with E-state index in [0.29, 0.717) is 11.5 Å². The van der Waals surface area contributed by atoms with E-state index in [0.717, 1.165) is 20.9 Å². The highest BCUT2D eigenvalue weighted by atomic mass is 32.2. The Bertz CT molecular complexity index is 660. The summed E-state index contributed by atoms with van der Waals surface area (Å²) in [5.41, 5.74) is 1.89. The van der Waals surface area contributed by atoms with Crippen molar-refractivity contribution >= 4 is 17.7 Å². The third-order valence-corrected chi connectivity index (χ3v) is 4.19. The van der Waals surface area contributed by atoms with Crippen LogP contribution >= 0.6 is 11.8 Å². The van der Waals surface area contributed by atoms with E-state index in [-0.39, 0.29) is 6.42 Å². The topological polar surface area (TPSA) is 55.8 Å². The van der Waals surface area contributed by atoms with Gasteiger partial charge in [-0.05, 0) is 36.2 Å². The molecule has 22 heavy (non-hydrogen) atoms. The van der Waals surface area contributed by atoms with Crippen LogP contribution in [0.5, 0.6) is 11.5 Å². The van der Waals surface area contributed by atoms with Crippen molar-refractivity contribution in [1.82, 2.24) is 0 Å². The summed E-state index contributed by atoms with van der Waals surface area (Å²) in [4.78, 5) is 12.9. The SMILES string of the molecule is COc1cc(OC)cc(Sc2cc(C)ccc2CC(=O)O)c1. The molecule has 0 saturated heterocycles. The molecule has 116 valence electrons. The van der Waals surface area contributed by atoms with Gasteiger partial charge >= 0.3 is 5.97 Å². The normalized spacial score (nSPS) is 10.3. The molecule has 2 rings (SSSR count). The minimum atomic E-state index is -0.839. The summed E-state index contributed by atoms with van der Waals surface area (Å²) >= 11 is 1.51. The summed E-state index contributed by atoms with van der Waals surface area (Å²) < 4.78 is 10.5. The number of hydrogen-bond donors (Lipinski definition) is 1. The van der Waals surface area contributed by atoms with E-state index >= 15 is 0 Å². The molecular formula is C17H18O4S. The quantitative estimate of drug-likeness (QED) is 0.878. The fourth-order valence-electron chi connectivity index (χ4n) is 2.03. The third-order valence-electron chi connectivity index (χ3n) is 3.12. The van der Waals surface area contributed by atoms with Gasteiger partial charge in [0.05, 0.1) is 20.6 Å². The Morgan fingerprint density at radius 2 is 1.73 bits per heavy atom. The molecule has 0 amide bonds. The molecule has 4 nitrogen and oxygen atoms in total. The van der Waals surface area contributed by atoms with Gasteiger partial charge in [-0.1, -0.05) is 23.9 Å². The van der Waals surface area contributed by atoms with Crippen molar-refractivity contribution in [3.63, 3.8) is 0 Å². The maximum absolute atomic E-state index is 11.0. The summed E-state index contributed by atoms with van der Waals surface area (Å²) in [6.07, 6.45) is 0.00369. The zero-order valence-electron chi connectivity index (χ0n) is 12.8. The van der Waals surface area contributed by atoms with Gasteiger partial charge in [-0.25, -0.2) is 0 Å². The first kappa shape index (κ1) is 16.2. The van der Waals surface area contributed by atoms with Crippen molar-refractivity contribution in [2.75, 3.05) is 14.2 Å². The Hall–Kier alpha value is -2.14. The molecule has 0 atom stereocenters.